The van der Waals surface area contributed by atoms with Gasteiger partial charge < -0.3 is 4.84 Å². The first-order valence-electron chi connectivity index (χ1n) is 3.49. The van der Waals surface area contributed by atoms with Crippen LogP contribution in [0.5, 0.6) is 0 Å². The average molecular weight is 191 g/mol. The Hall–Kier alpha value is -0.550. The van der Waals surface area contributed by atoms with Gasteiger partial charge >= 0.3 is 5.97 Å². The SMILES string of the molecule is CC(=O)CC(C)(S)CC(=O)ON. The number of hydrogen-bond donors (Lipinski definition) is 2. The first-order valence-corrected chi connectivity index (χ1v) is 3.93. The number of nitrogens with two attached hydrogens (primary N) is 1. The quantitative estimate of drug-likeness (QED) is 0.500. The highest BCUT2D eigenvalue weighted by Crippen LogP contribution is 2.23. The van der Waals surface area contributed by atoms with Gasteiger partial charge in [-0.1, -0.05) is 0 Å². The van der Waals surface area contributed by atoms with Crippen LogP contribution in [0.1, 0.15) is 26.7 Å². The predicted octanol–water partition coefficient (Wildman–Crippen LogP) is 0.461. The molecule has 0 bridgehead atoms. The minimum atomic E-state index is -0.664. The number of hydrogen-bond acceptors (Lipinski definition) is 5. The second-order valence-corrected chi connectivity index (χ2v) is 4.12. The molecule has 5 heteroatoms. The summed E-state index contributed by atoms with van der Waals surface area (Å²) in [5.74, 6) is 4.06. The van der Waals surface area contributed by atoms with E-state index in [9.17, 15) is 9.59 Å². The third kappa shape index (κ3) is 5.15. The van der Waals surface area contributed by atoms with Gasteiger partial charge in [0.25, 0.3) is 0 Å². The fourth-order valence-corrected chi connectivity index (χ4v) is 1.30. The molecule has 0 saturated heterocycles. The van der Waals surface area contributed by atoms with Crippen LogP contribution in [0, 0.1) is 0 Å². The van der Waals surface area contributed by atoms with Crippen molar-refractivity contribution in [1.29, 1.82) is 0 Å². The van der Waals surface area contributed by atoms with E-state index in [2.05, 4.69) is 23.4 Å². The molecule has 0 rings (SSSR count). The molecule has 0 spiro atoms. The molecular weight excluding hydrogens is 178 g/mol. The monoisotopic (exact) mass is 191 g/mol. The maximum absolute atomic E-state index is 10.7. The highest BCUT2D eigenvalue weighted by molar-refractivity contribution is 7.81. The van der Waals surface area contributed by atoms with Crippen molar-refractivity contribution in [2.24, 2.45) is 5.90 Å². The van der Waals surface area contributed by atoms with Crippen molar-refractivity contribution in [3.63, 3.8) is 0 Å². The second kappa shape index (κ2) is 4.47. The largest absolute Gasteiger partial charge is 0.373 e. The number of carbonyl (C=O) groups excluding carboxylic acids is 2. The number of ketones is 1. The molecule has 0 aromatic heterocycles. The Morgan fingerprint density at radius 1 is 1.50 bits per heavy atom. The zero-order valence-corrected chi connectivity index (χ0v) is 8.06. The van der Waals surface area contributed by atoms with Gasteiger partial charge in [-0.05, 0) is 13.8 Å². The van der Waals surface area contributed by atoms with Crippen molar-refractivity contribution in [2.75, 3.05) is 0 Å². The summed E-state index contributed by atoms with van der Waals surface area (Å²) in [4.78, 5) is 25.4. The van der Waals surface area contributed by atoms with Gasteiger partial charge in [0.15, 0.2) is 0 Å². The fraction of sp³-hybridized carbons (Fsp3) is 0.714. The molecule has 0 amide bonds. The van der Waals surface area contributed by atoms with E-state index in [1.807, 2.05) is 0 Å². The van der Waals surface area contributed by atoms with Gasteiger partial charge in [-0.2, -0.15) is 18.5 Å². The maximum Gasteiger partial charge on any atom is 0.325 e. The van der Waals surface area contributed by atoms with Gasteiger partial charge in [0, 0.05) is 11.2 Å². The van der Waals surface area contributed by atoms with Crippen LogP contribution in [-0.2, 0) is 14.4 Å². The molecule has 0 saturated carbocycles. The lowest BCUT2D eigenvalue weighted by Crippen LogP contribution is -2.26. The lowest BCUT2D eigenvalue weighted by Gasteiger charge is -2.19. The molecule has 1 atom stereocenters. The number of thiol groups is 1. The molecule has 2 N–H and O–H groups in total. The Kier molecular flexibility index (Phi) is 4.26. The normalized spacial score (nSPS) is 15.0. The lowest BCUT2D eigenvalue weighted by molar-refractivity contribution is -0.144. The number of rotatable bonds is 4. The third-order valence-electron chi connectivity index (χ3n) is 1.29. The van der Waals surface area contributed by atoms with Crippen molar-refractivity contribution in [3.8, 4) is 0 Å². The number of Topliss-reactive ketones (excluding diaryl/α,β-unsaturated/α-hetero) is 1. The van der Waals surface area contributed by atoms with Crippen LogP contribution in [0.25, 0.3) is 0 Å². The van der Waals surface area contributed by atoms with Gasteiger partial charge in [-0.25, -0.2) is 0 Å². The molecule has 12 heavy (non-hydrogen) atoms. The van der Waals surface area contributed by atoms with E-state index in [4.69, 9.17) is 0 Å². The van der Waals surface area contributed by atoms with Gasteiger partial charge in [-0.15, -0.1) is 0 Å². The van der Waals surface area contributed by atoms with Gasteiger partial charge in [-0.3, -0.25) is 9.59 Å². The zero-order chi connectivity index (χ0) is 9.78. The Labute approximate surface area is 76.8 Å². The van der Waals surface area contributed by atoms with E-state index in [1.54, 1.807) is 6.92 Å². The molecule has 0 aliphatic heterocycles. The zero-order valence-electron chi connectivity index (χ0n) is 7.16. The summed E-state index contributed by atoms with van der Waals surface area (Å²) in [5, 5.41) is 0. The van der Waals surface area contributed by atoms with Crippen molar-refractivity contribution < 1.29 is 14.4 Å². The van der Waals surface area contributed by atoms with Crippen molar-refractivity contribution in [2.45, 2.75) is 31.4 Å². The highest BCUT2D eigenvalue weighted by atomic mass is 32.1. The van der Waals surface area contributed by atoms with Crippen molar-refractivity contribution >= 4 is 24.4 Å². The lowest BCUT2D eigenvalue weighted by atomic mass is 10.0. The molecule has 0 aromatic rings. The average Bonchev–Trinajstić information content (AvgIpc) is 1.83. The Morgan fingerprint density at radius 3 is 2.33 bits per heavy atom. The first kappa shape index (κ1) is 11.4. The molecule has 0 aliphatic rings. The topological polar surface area (TPSA) is 69.4 Å². The van der Waals surface area contributed by atoms with E-state index in [0.29, 0.717) is 0 Å². The molecule has 0 fully saturated rings. The fourth-order valence-electron chi connectivity index (χ4n) is 0.951. The van der Waals surface area contributed by atoms with Crippen LogP contribution in [0.2, 0.25) is 0 Å². The van der Waals surface area contributed by atoms with E-state index >= 15 is 0 Å². The minimum Gasteiger partial charge on any atom is -0.373 e. The smallest absolute Gasteiger partial charge is 0.325 e. The summed E-state index contributed by atoms with van der Waals surface area (Å²) in [5.41, 5.74) is 0. The minimum absolute atomic E-state index is 0.0164. The van der Waals surface area contributed by atoms with E-state index in [1.165, 1.54) is 6.92 Å². The van der Waals surface area contributed by atoms with Crippen LogP contribution in [0.4, 0.5) is 0 Å². The van der Waals surface area contributed by atoms with E-state index < -0.39 is 10.7 Å². The standard InChI is InChI=1S/C7H13NO3S/c1-5(9)3-7(2,12)4-6(10)11-8/h12H,3-4,8H2,1-2H3. The molecule has 4 nitrogen and oxygen atoms in total. The Balaban J connectivity index is 4.03. The highest BCUT2D eigenvalue weighted by Gasteiger charge is 2.25. The summed E-state index contributed by atoms with van der Waals surface area (Å²) in [6.45, 7) is 3.14. The summed E-state index contributed by atoms with van der Waals surface area (Å²) in [6.07, 6.45) is 0.261. The summed E-state index contributed by atoms with van der Waals surface area (Å²) in [6, 6.07) is 0. The molecule has 70 valence electrons. The number of carbonyl (C=O) groups is 2. The van der Waals surface area contributed by atoms with Crippen molar-refractivity contribution in [1.82, 2.24) is 0 Å². The molecule has 0 heterocycles. The van der Waals surface area contributed by atoms with Gasteiger partial charge in [0.2, 0.25) is 0 Å². The Bertz CT molecular complexity index is 191. The summed E-state index contributed by atoms with van der Waals surface area (Å²) in [7, 11) is 0. The van der Waals surface area contributed by atoms with Crippen LogP contribution >= 0.6 is 12.6 Å². The molecule has 0 aromatic carbocycles. The van der Waals surface area contributed by atoms with Crippen LogP contribution < -0.4 is 5.90 Å². The van der Waals surface area contributed by atoms with Gasteiger partial charge in [0.1, 0.15) is 5.78 Å². The first-order chi connectivity index (χ1) is 5.37. The van der Waals surface area contributed by atoms with Crippen LogP contribution in [0.15, 0.2) is 0 Å². The molecule has 0 aliphatic carbocycles. The second-order valence-electron chi connectivity index (χ2n) is 3.04. The van der Waals surface area contributed by atoms with E-state index in [0.717, 1.165) is 0 Å². The third-order valence-corrected chi connectivity index (χ3v) is 1.60. The molecular formula is C7H13NO3S. The predicted molar refractivity (Wildman–Crippen MR) is 47.6 cm³/mol. The Morgan fingerprint density at radius 2 is 2.00 bits per heavy atom. The van der Waals surface area contributed by atoms with E-state index in [-0.39, 0.29) is 18.6 Å². The molecule has 0 radical (unpaired) electrons. The molecule has 1 unspecified atom stereocenters. The van der Waals surface area contributed by atoms with Crippen molar-refractivity contribution in [3.05, 3.63) is 0 Å². The van der Waals surface area contributed by atoms with Gasteiger partial charge in [0.05, 0.1) is 6.42 Å². The summed E-state index contributed by atoms with van der Waals surface area (Å²) >= 11 is 4.14. The van der Waals surface area contributed by atoms with Crippen LogP contribution in [-0.4, -0.2) is 16.5 Å². The van der Waals surface area contributed by atoms with Crippen LogP contribution in [0.3, 0.4) is 0 Å². The maximum atomic E-state index is 10.7. The summed E-state index contributed by atoms with van der Waals surface area (Å²) < 4.78 is -0.664.